The monoisotopic (exact) mass is 371 g/mol. The summed E-state index contributed by atoms with van der Waals surface area (Å²) in [5.41, 5.74) is 1.87. The van der Waals surface area contributed by atoms with E-state index in [1.807, 2.05) is 12.1 Å². The third kappa shape index (κ3) is 4.43. The van der Waals surface area contributed by atoms with E-state index in [0.29, 0.717) is 41.6 Å². The van der Waals surface area contributed by atoms with Gasteiger partial charge in [0, 0.05) is 30.2 Å². The zero-order valence-corrected chi connectivity index (χ0v) is 15.1. The van der Waals surface area contributed by atoms with Gasteiger partial charge < -0.3 is 4.90 Å². The molecule has 0 aliphatic carbocycles. The molecule has 3 rings (SSSR count). The number of hydrogen-bond donors (Lipinski definition) is 1. The van der Waals surface area contributed by atoms with Gasteiger partial charge in [0.05, 0.1) is 11.6 Å². The van der Waals surface area contributed by atoms with Crippen LogP contribution in [-0.4, -0.2) is 33.4 Å². The zero-order chi connectivity index (χ0) is 18.5. The van der Waals surface area contributed by atoms with Gasteiger partial charge in [-0.2, -0.15) is 9.64 Å². The molecule has 1 fully saturated rings. The quantitative estimate of drug-likeness (QED) is 0.866. The summed E-state index contributed by atoms with van der Waals surface area (Å²) in [5.74, 6) is 0.234. The van der Waals surface area contributed by atoms with Crippen molar-refractivity contribution in [1.29, 1.82) is 5.26 Å². The Morgan fingerprint density at radius 3 is 2.96 bits per heavy atom. The number of carbonyl (C=O) groups is 1. The molecule has 0 unspecified atom stereocenters. The van der Waals surface area contributed by atoms with E-state index in [2.05, 4.69) is 14.7 Å². The molecule has 0 bridgehead atoms. The summed E-state index contributed by atoms with van der Waals surface area (Å²) in [6.45, 7) is 2.97. The lowest BCUT2D eigenvalue weighted by atomic mass is 10.0. The van der Waals surface area contributed by atoms with Gasteiger partial charge in [0.2, 0.25) is 5.13 Å². The predicted molar refractivity (Wildman–Crippen MR) is 98.2 cm³/mol. The largest absolute Gasteiger partial charge is 0.324 e. The van der Waals surface area contributed by atoms with E-state index in [1.54, 1.807) is 24.0 Å². The van der Waals surface area contributed by atoms with Crippen LogP contribution in [0.1, 0.15) is 36.2 Å². The summed E-state index contributed by atoms with van der Waals surface area (Å²) < 4.78 is 18.1. The first-order valence-electron chi connectivity index (χ1n) is 8.30. The highest BCUT2D eigenvalue weighted by Gasteiger charge is 2.18. The first kappa shape index (κ1) is 18.0. The van der Waals surface area contributed by atoms with Crippen molar-refractivity contribution in [3.63, 3.8) is 0 Å². The van der Waals surface area contributed by atoms with Crippen LogP contribution in [0.2, 0.25) is 0 Å². The molecule has 1 aromatic heterocycles. The Hall–Kier alpha value is -2.79. The Morgan fingerprint density at radius 2 is 2.27 bits per heavy atom. The van der Waals surface area contributed by atoms with E-state index in [9.17, 15) is 9.18 Å². The number of anilines is 1. The second-order valence-corrected chi connectivity index (χ2v) is 6.82. The molecule has 0 saturated carbocycles. The SMILES string of the molecule is Cc1nsc(NC(=O)N2CCCC(=Cc3ccc(C#N)cc3F)CC2)n1. The molecule has 6 nitrogen and oxygen atoms in total. The Labute approximate surface area is 155 Å². The van der Waals surface area contributed by atoms with Crippen molar-refractivity contribution in [2.24, 2.45) is 0 Å². The van der Waals surface area contributed by atoms with Crippen LogP contribution in [0.25, 0.3) is 6.08 Å². The second kappa shape index (κ2) is 8.06. The maximum Gasteiger partial charge on any atom is 0.323 e. The zero-order valence-electron chi connectivity index (χ0n) is 14.3. The smallest absolute Gasteiger partial charge is 0.323 e. The highest BCUT2D eigenvalue weighted by molar-refractivity contribution is 7.09. The summed E-state index contributed by atoms with van der Waals surface area (Å²) in [5, 5.41) is 12.1. The number of benzene rings is 1. The summed E-state index contributed by atoms with van der Waals surface area (Å²) >= 11 is 1.16. The minimum absolute atomic E-state index is 0.188. The summed E-state index contributed by atoms with van der Waals surface area (Å²) in [7, 11) is 0. The fourth-order valence-electron chi connectivity index (χ4n) is 2.81. The molecular weight excluding hydrogens is 353 g/mol. The highest BCUT2D eigenvalue weighted by atomic mass is 32.1. The number of halogens is 1. The molecule has 2 heterocycles. The minimum Gasteiger partial charge on any atom is -0.324 e. The molecule has 0 atom stereocenters. The molecule has 1 aliphatic heterocycles. The third-order valence-corrected chi connectivity index (χ3v) is 4.87. The number of urea groups is 1. The van der Waals surface area contributed by atoms with Crippen molar-refractivity contribution in [3.05, 3.63) is 46.5 Å². The van der Waals surface area contributed by atoms with Gasteiger partial charge in [-0.05, 0) is 38.3 Å². The number of likely N-dealkylation sites (tertiary alicyclic amines) is 1. The van der Waals surface area contributed by atoms with Crippen molar-refractivity contribution in [1.82, 2.24) is 14.3 Å². The van der Waals surface area contributed by atoms with Crippen LogP contribution in [0.3, 0.4) is 0 Å². The lowest BCUT2D eigenvalue weighted by Crippen LogP contribution is -2.35. The van der Waals surface area contributed by atoms with Crippen molar-refractivity contribution < 1.29 is 9.18 Å². The van der Waals surface area contributed by atoms with E-state index in [1.165, 1.54) is 6.07 Å². The first-order chi connectivity index (χ1) is 12.5. The van der Waals surface area contributed by atoms with E-state index >= 15 is 0 Å². The van der Waals surface area contributed by atoms with Gasteiger partial charge in [-0.3, -0.25) is 5.32 Å². The van der Waals surface area contributed by atoms with Gasteiger partial charge in [0.25, 0.3) is 0 Å². The summed E-state index contributed by atoms with van der Waals surface area (Å²) in [4.78, 5) is 18.2. The number of aromatic nitrogens is 2. The molecule has 1 aliphatic rings. The van der Waals surface area contributed by atoms with Crippen molar-refractivity contribution in [2.75, 3.05) is 18.4 Å². The van der Waals surface area contributed by atoms with Gasteiger partial charge in [-0.15, -0.1) is 0 Å². The number of nitrogens with one attached hydrogen (secondary N) is 1. The molecule has 2 aromatic rings. The Balaban J connectivity index is 1.64. The van der Waals surface area contributed by atoms with Crippen LogP contribution in [0.4, 0.5) is 14.3 Å². The average molecular weight is 371 g/mol. The molecule has 26 heavy (non-hydrogen) atoms. The minimum atomic E-state index is -0.401. The Kier molecular flexibility index (Phi) is 5.58. The van der Waals surface area contributed by atoms with Gasteiger partial charge >= 0.3 is 6.03 Å². The lowest BCUT2D eigenvalue weighted by Gasteiger charge is -2.19. The molecule has 2 amide bonds. The van der Waals surface area contributed by atoms with Crippen LogP contribution in [0, 0.1) is 24.1 Å². The fraction of sp³-hybridized carbons (Fsp3) is 0.333. The number of rotatable bonds is 2. The van der Waals surface area contributed by atoms with Gasteiger partial charge in [0.1, 0.15) is 11.6 Å². The van der Waals surface area contributed by atoms with Crippen LogP contribution in [-0.2, 0) is 0 Å². The number of nitriles is 1. The van der Waals surface area contributed by atoms with Crippen molar-refractivity contribution in [2.45, 2.75) is 26.2 Å². The molecule has 1 aromatic carbocycles. The third-order valence-electron chi connectivity index (χ3n) is 4.15. The van der Waals surface area contributed by atoms with Crippen molar-refractivity contribution in [3.8, 4) is 6.07 Å². The van der Waals surface area contributed by atoms with E-state index in [-0.39, 0.29) is 6.03 Å². The number of carbonyl (C=O) groups excluding carboxylic acids is 1. The molecule has 1 saturated heterocycles. The van der Waals surface area contributed by atoms with Crippen molar-refractivity contribution >= 4 is 28.8 Å². The lowest BCUT2D eigenvalue weighted by molar-refractivity contribution is 0.214. The number of aryl methyl sites for hydroxylation is 1. The molecule has 0 spiro atoms. The van der Waals surface area contributed by atoms with Crippen LogP contribution in [0.5, 0.6) is 0 Å². The second-order valence-electron chi connectivity index (χ2n) is 6.07. The van der Waals surface area contributed by atoms with Gasteiger partial charge in [-0.1, -0.05) is 17.7 Å². The number of hydrogen-bond acceptors (Lipinski definition) is 5. The predicted octanol–water partition coefficient (Wildman–Crippen LogP) is 3.96. The topological polar surface area (TPSA) is 81.9 Å². The van der Waals surface area contributed by atoms with Crippen LogP contribution < -0.4 is 5.32 Å². The van der Waals surface area contributed by atoms with E-state index in [4.69, 9.17) is 5.26 Å². The van der Waals surface area contributed by atoms with Crippen LogP contribution in [0.15, 0.2) is 23.8 Å². The van der Waals surface area contributed by atoms with E-state index < -0.39 is 5.82 Å². The maximum atomic E-state index is 14.1. The van der Waals surface area contributed by atoms with Gasteiger partial charge in [-0.25, -0.2) is 14.2 Å². The van der Waals surface area contributed by atoms with Gasteiger partial charge in [0.15, 0.2) is 0 Å². The maximum absolute atomic E-state index is 14.1. The fourth-order valence-corrected chi connectivity index (χ4v) is 3.38. The number of amides is 2. The number of nitrogens with zero attached hydrogens (tertiary/aromatic N) is 4. The van der Waals surface area contributed by atoms with Crippen LogP contribution >= 0.6 is 11.5 Å². The standard InChI is InChI=1S/C18H18FN5OS/c1-12-21-17(26-23-12)22-18(25)24-7-2-3-13(6-8-24)9-15-5-4-14(11-20)10-16(15)19/h4-5,9-10H,2-3,6-8H2,1H3,(H,21,22,23,25). The molecule has 0 radical (unpaired) electrons. The summed E-state index contributed by atoms with van der Waals surface area (Å²) in [6.07, 6.45) is 4.13. The molecule has 1 N–H and O–H groups in total. The normalized spacial score (nSPS) is 16.2. The summed E-state index contributed by atoms with van der Waals surface area (Å²) in [6, 6.07) is 6.21. The molecular formula is C18H18FN5OS. The average Bonchev–Trinajstić information content (AvgIpc) is 2.89. The Bertz CT molecular complexity index is 886. The molecule has 134 valence electrons. The van der Waals surface area contributed by atoms with E-state index in [0.717, 1.165) is 29.9 Å². The Morgan fingerprint density at radius 1 is 1.42 bits per heavy atom. The highest BCUT2D eigenvalue weighted by Crippen LogP contribution is 2.22. The molecule has 8 heteroatoms. The first-order valence-corrected chi connectivity index (χ1v) is 9.08.